The van der Waals surface area contributed by atoms with Crippen LogP contribution in [0.4, 0.5) is 13.2 Å². The second-order valence-corrected chi connectivity index (χ2v) is 14.0. The van der Waals surface area contributed by atoms with E-state index >= 15 is 0 Å². The lowest BCUT2D eigenvalue weighted by atomic mass is 9.98. The maximum Gasteiger partial charge on any atom is 0.416 e. The second kappa shape index (κ2) is 12.9. The Kier molecular flexibility index (Phi) is 7.65. The largest absolute Gasteiger partial charge is 0.416 e. The van der Waals surface area contributed by atoms with Gasteiger partial charge < -0.3 is 9.13 Å². The van der Waals surface area contributed by atoms with Crippen molar-refractivity contribution < 1.29 is 13.2 Å². The number of nitriles is 1. The Morgan fingerprint density at radius 2 is 0.804 bits per heavy atom. The van der Waals surface area contributed by atoms with Crippen molar-refractivity contribution in [3.8, 4) is 50.8 Å². The van der Waals surface area contributed by atoms with E-state index < -0.39 is 11.7 Å². The minimum absolute atomic E-state index is 0.394. The van der Waals surface area contributed by atoms with E-state index in [0.717, 1.165) is 71.9 Å². The fraction of sp³-hybridized carbons (Fsp3) is 0.0200. The van der Waals surface area contributed by atoms with Crippen LogP contribution in [0.1, 0.15) is 11.1 Å². The van der Waals surface area contributed by atoms with Gasteiger partial charge in [0.05, 0.1) is 39.0 Å². The number of hydrogen-bond acceptors (Lipinski definition) is 1. The molecule has 266 valence electrons. The fourth-order valence-corrected chi connectivity index (χ4v) is 8.21. The molecular weight excluding hydrogens is 700 g/mol. The van der Waals surface area contributed by atoms with E-state index in [1.54, 1.807) is 6.07 Å². The van der Waals surface area contributed by atoms with Crippen molar-refractivity contribution in [2.45, 2.75) is 6.18 Å². The van der Waals surface area contributed by atoms with Gasteiger partial charge in [-0.2, -0.15) is 18.4 Å². The Morgan fingerprint density at radius 3 is 1.29 bits per heavy atom. The molecule has 0 saturated heterocycles. The molecule has 8 aromatic carbocycles. The molecule has 0 saturated carbocycles. The molecule has 56 heavy (non-hydrogen) atoms. The normalized spacial score (nSPS) is 11.8. The van der Waals surface area contributed by atoms with Gasteiger partial charge in [-0.15, -0.1) is 0 Å². The molecule has 0 bridgehead atoms. The predicted octanol–water partition coefficient (Wildman–Crippen LogP) is 13.8. The van der Waals surface area contributed by atoms with Crippen molar-refractivity contribution in [2.75, 3.05) is 0 Å². The lowest BCUT2D eigenvalue weighted by Gasteiger charge is -2.19. The summed E-state index contributed by atoms with van der Waals surface area (Å²) in [6.07, 6.45) is -4.53. The van der Waals surface area contributed by atoms with E-state index in [2.05, 4.69) is 88.0 Å². The Hall–Kier alpha value is -7.36. The molecule has 2 heterocycles. The number of aromatic nitrogens is 2. The molecule has 0 amide bonds. The van der Waals surface area contributed by atoms with Crippen molar-refractivity contribution >= 4 is 43.6 Å². The zero-order valence-corrected chi connectivity index (χ0v) is 29.8. The molecule has 0 aliphatic heterocycles. The Bertz CT molecular complexity index is 3010. The van der Waals surface area contributed by atoms with Gasteiger partial charge in [-0.1, -0.05) is 121 Å². The second-order valence-electron chi connectivity index (χ2n) is 14.0. The van der Waals surface area contributed by atoms with Gasteiger partial charge in [-0.3, -0.25) is 0 Å². The highest BCUT2D eigenvalue weighted by atomic mass is 19.4. The first kappa shape index (κ1) is 33.2. The molecule has 0 radical (unpaired) electrons. The number of alkyl halides is 3. The highest BCUT2D eigenvalue weighted by Crippen LogP contribution is 2.42. The van der Waals surface area contributed by atoms with Crippen LogP contribution in [-0.4, -0.2) is 9.13 Å². The van der Waals surface area contributed by atoms with Crippen LogP contribution in [0, 0.1) is 11.3 Å². The predicted molar refractivity (Wildman–Crippen MR) is 221 cm³/mol. The van der Waals surface area contributed by atoms with Crippen molar-refractivity contribution in [2.24, 2.45) is 0 Å². The highest BCUT2D eigenvalue weighted by Gasteiger charge is 2.31. The third kappa shape index (κ3) is 5.36. The monoisotopic (exact) mass is 729 g/mol. The number of halogens is 3. The summed E-state index contributed by atoms with van der Waals surface area (Å²) in [7, 11) is 0. The zero-order valence-electron chi connectivity index (χ0n) is 29.8. The SMILES string of the molecule is N#Cc1c(-n2c3ccccc3c3cc(-c4ccccc4)ccc32)cc(-c2cccc(C(F)(F)F)c2)cc1-n1c2ccccc2c2cc(-c3ccccc3)ccc21. The van der Waals surface area contributed by atoms with Gasteiger partial charge in [0.2, 0.25) is 0 Å². The molecule has 0 atom stereocenters. The van der Waals surface area contributed by atoms with Crippen molar-refractivity contribution in [1.82, 2.24) is 9.13 Å². The summed E-state index contributed by atoms with van der Waals surface area (Å²) in [5, 5.41) is 15.3. The smallest absolute Gasteiger partial charge is 0.308 e. The van der Waals surface area contributed by atoms with Gasteiger partial charge in [-0.25, -0.2) is 0 Å². The molecule has 2 aromatic heterocycles. The molecule has 10 rings (SSSR count). The topological polar surface area (TPSA) is 33.6 Å². The molecule has 0 spiro atoms. The molecule has 0 unspecified atom stereocenters. The highest BCUT2D eigenvalue weighted by molar-refractivity contribution is 6.12. The van der Waals surface area contributed by atoms with Crippen molar-refractivity contribution in [3.63, 3.8) is 0 Å². The average Bonchev–Trinajstić information content (AvgIpc) is 3.75. The summed E-state index contributed by atoms with van der Waals surface area (Å²) in [6, 6.07) is 60.8. The zero-order chi connectivity index (χ0) is 38.0. The molecule has 10 aromatic rings. The van der Waals surface area contributed by atoms with Crippen LogP contribution in [0.2, 0.25) is 0 Å². The maximum absolute atomic E-state index is 14.2. The summed E-state index contributed by atoms with van der Waals surface area (Å²) in [4.78, 5) is 0. The Balaban J connectivity index is 1.31. The van der Waals surface area contributed by atoms with E-state index in [-0.39, 0.29) is 0 Å². The van der Waals surface area contributed by atoms with Gasteiger partial charge in [-0.05, 0) is 94.0 Å². The molecular formula is C50H30F3N3. The molecule has 3 nitrogen and oxygen atoms in total. The van der Waals surface area contributed by atoms with Crippen LogP contribution in [0.3, 0.4) is 0 Å². The summed E-state index contributed by atoms with van der Waals surface area (Å²) < 4.78 is 46.7. The number of rotatable bonds is 5. The van der Waals surface area contributed by atoms with Crippen LogP contribution in [0.25, 0.3) is 88.4 Å². The minimum atomic E-state index is -4.53. The summed E-state index contributed by atoms with van der Waals surface area (Å²) in [5.74, 6) is 0. The van der Waals surface area contributed by atoms with Gasteiger partial charge in [0, 0.05) is 21.5 Å². The number of fused-ring (bicyclic) bond motifs is 6. The van der Waals surface area contributed by atoms with Crippen LogP contribution >= 0.6 is 0 Å². The fourth-order valence-electron chi connectivity index (χ4n) is 8.21. The molecule has 6 heteroatoms. The first-order valence-corrected chi connectivity index (χ1v) is 18.3. The maximum atomic E-state index is 14.2. The third-order valence-electron chi connectivity index (χ3n) is 10.8. The minimum Gasteiger partial charge on any atom is -0.308 e. The van der Waals surface area contributed by atoms with Crippen molar-refractivity contribution in [3.05, 3.63) is 193 Å². The lowest BCUT2D eigenvalue weighted by molar-refractivity contribution is -0.137. The lowest BCUT2D eigenvalue weighted by Crippen LogP contribution is -2.06. The molecule has 0 aliphatic carbocycles. The van der Waals surface area contributed by atoms with Gasteiger partial charge in [0.15, 0.2) is 0 Å². The van der Waals surface area contributed by atoms with E-state index in [9.17, 15) is 18.4 Å². The van der Waals surface area contributed by atoms with E-state index in [1.165, 1.54) is 12.1 Å². The number of hydrogen-bond donors (Lipinski definition) is 0. The molecule has 0 aliphatic rings. The number of benzene rings is 8. The van der Waals surface area contributed by atoms with Gasteiger partial charge in [0.1, 0.15) is 11.6 Å². The van der Waals surface area contributed by atoms with E-state index in [4.69, 9.17) is 0 Å². The quantitative estimate of drug-likeness (QED) is 0.174. The Morgan fingerprint density at radius 1 is 0.375 bits per heavy atom. The molecule has 0 fully saturated rings. The first-order chi connectivity index (χ1) is 27.4. The van der Waals surface area contributed by atoms with E-state index in [0.29, 0.717) is 28.1 Å². The average molecular weight is 730 g/mol. The van der Waals surface area contributed by atoms with Crippen LogP contribution < -0.4 is 0 Å². The summed E-state index contributed by atoms with van der Waals surface area (Å²) in [5.41, 5.74) is 9.55. The Labute approximate surface area is 320 Å². The summed E-state index contributed by atoms with van der Waals surface area (Å²) >= 11 is 0. The van der Waals surface area contributed by atoms with Gasteiger partial charge in [0.25, 0.3) is 0 Å². The van der Waals surface area contributed by atoms with Crippen molar-refractivity contribution in [1.29, 1.82) is 5.26 Å². The van der Waals surface area contributed by atoms with Crippen LogP contribution in [0.5, 0.6) is 0 Å². The summed E-state index contributed by atoms with van der Waals surface area (Å²) in [6.45, 7) is 0. The molecule has 0 N–H and O–H groups in total. The number of nitrogens with zero attached hydrogens (tertiary/aromatic N) is 3. The van der Waals surface area contributed by atoms with E-state index in [1.807, 2.05) is 84.9 Å². The van der Waals surface area contributed by atoms with Gasteiger partial charge >= 0.3 is 6.18 Å². The van der Waals surface area contributed by atoms with Crippen LogP contribution in [-0.2, 0) is 6.18 Å². The first-order valence-electron chi connectivity index (χ1n) is 18.3. The van der Waals surface area contributed by atoms with Crippen LogP contribution in [0.15, 0.2) is 182 Å². The standard InChI is InChI=1S/C50H30F3N3/c51-50(52,53)38-17-11-16-34(26-38)37-29-48(55-44-20-9-7-18-39(44)41-27-35(22-24-46(41)55)32-12-3-1-4-13-32)43(31-54)49(30-37)56-45-21-10-8-19-40(45)42-28-36(23-25-47(42)56)33-14-5-2-6-15-33/h1-30H. The number of para-hydroxylation sites is 2. The third-order valence-corrected chi connectivity index (χ3v) is 10.8.